The summed E-state index contributed by atoms with van der Waals surface area (Å²) in [5.41, 5.74) is -1.22. The molecule has 1 aliphatic heterocycles. The standard InChI is InChI=1S/C18H19F3N2O2S/c19-18(20,21)14-5-2-1-4-13(14)17(25)23-9-7-22(8-10-23)12-15(24)16-6-3-11-26-16/h1-6,11,15,24H,7-10,12H2/t15-/m1/s1. The summed E-state index contributed by atoms with van der Waals surface area (Å²) in [6, 6.07) is 8.61. The van der Waals surface area contributed by atoms with E-state index in [-0.39, 0.29) is 5.56 Å². The van der Waals surface area contributed by atoms with Gasteiger partial charge in [-0.05, 0) is 23.6 Å². The lowest BCUT2D eigenvalue weighted by molar-refractivity contribution is -0.138. The second-order valence-electron chi connectivity index (χ2n) is 6.17. The number of aliphatic hydroxyl groups is 1. The van der Waals surface area contributed by atoms with Crippen molar-refractivity contribution in [3.05, 3.63) is 57.8 Å². The Morgan fingerprint density at radius 1 is 1.12 bits per heavy atom. The molecule has 4 nitrogen and oxygen atoms in total. The summed E-state index contributed by atoms with van der Waals surface area (Å²) in [7, 11) is 0. The molecule has 1 atom stereocenters. The van der Waals surface area contributed by atoms with Gasteiger partial charge in [-0.2, -0.15) is 13.2 Å². The van der Waals surface area contributed by atoms with Crippen LogP contribution in [0.25, 0.3) is 0 Å². The van der Waals surface area contributed by atoms with E-state index in [1.807, 2.05) is 22.4 Å². The van der Waals surface area contributed by atoms with Crippen molar-refractivity contribution in [1.29, 1.82) is 0 Å². The van der Waals surface area contributed by atoms with Crippen molar-refractivity contribution in [2.45, 2.75) is 12.3 Å². The molecule has 2 aromatic rings. The zero-order chi connectivity index (χ0) is 18.7. The summed E-state index contributed by atoms with van der Waals surface area (Å²) in [6.07, 6.45) is -5.15. The highest BCUT2D eigenvalue weighted by atomic mass is 32.1. The van der Waals surface area contributed by atoms with Crippen molar-refractivity contribution in [3.8, 4) is 0 Å². The van der Waals surface area contributed by atoms with Crippen LogP contribution in [0.5, 0.6) is 0 Å². The van der Waals surface area contributed by atoms with Gasteiger partial charge in [0.15, 0.2) is 0 Å². The molecule has 1 saturated heterocycles. The average Bonchev–Trinajstić information content (AvgIpc) is 3.16. The van der Waals surface area contributed by atoms with Crippen LogP contribution in [0.15, 0.2) is 41.8 Å². The largest absolute Gasteiger partial charge is 0.417 e. The minimum Gasteiger partial charge on any atom is -0.386 e. The van der Waals surface area contributed by atoms with E-state index in [0.29, 0.717) is 32.7 Å². The third-order valence-electron chi connectivity index (χ3n) is 4.43. The van der Waals surface area contributed by atoms with Crippen molar-refractivity contribution in [2.24, 2.45) is 0 Å². The number of aliphatic hydroxyl groups excluding tert-OH is 1. The number of piperazine rings is 1. The Morgan fingerprint density at radius 3 is 2.42 bits per heavy atom. The van der Waals surface area contributed by atoms with Crippen LogP contribution in [0.4, 0.5) is 13.2 Å². The second kappa shape index (κ2) is 7.77. The maximum Gasteiger partial charge on any atom is 0.417 e. The first-order chi connectivity index (χ1) is 12.4. The first-order valence-corrected chi connectivity index (χ1v) is 9.13. The molecule has 1 amide bonds. The number of rotatable bonds is 4. The van der Waals surface area contributed by atoms with Crippen LogP contribution in [0.1, 0.15) is 26.9 Å². The third-order valence-corrected chi connectivity index (χ3v) is 5.40. The minimum absolute atomic E-state index is 0.313. The number of β-amino-alcohol motifs (C(OH)–C–C–N with tert-alkyl or cyclic N) is 1. The Hall–Kier alpha value is -1.90. The molecule has 1 aliphatic rings. The van der Waals surface area contributed by atoms with Crippen LogP contribution in [0, 0.1) is 0 Å². The van der Waals surface area contributed by atoms with Crippen molar-refractivity contribution >= 4 is 17.2 Å². The van der Waals surface area contributed by atoms with Gasteiger partial charge in [0.2, 0.25) is 0 Å². The predicted octanol–water partition coefficient (Wildman–Crippen LogP) is 3.26. The number of hydrogen-bond donors (Lipinski definition) is 1. The molecule has 1 N–H and O–H groups in total. The highest BCUT2D eigenvalue weighted by Crippen LogP contribution is 2.32. The van der Waals surface area contributed by atoms with Crippen LogP contribution in [0.2, 0.25) is 0 Å². The Morgan fingerprint density at radius 2 is 1.81 bits per heavy atom. The quantitative estimate of drug-likeness (QED) is 0.880. The molecule has 1 fully saturated rings. The molecule has 1 aromatic carbocycles. The Kier molecular flexibility index (Phi) is 5.64. The molecule has 1 aromatic heterocycles. The SMILES string of the molecule is O=C(c1ccccc1C(F)(F)F)N1CCN(C[C@@H](O)c2cccs2)CC1. The molecule has 0 bridgehead atoms. The van der Waals surface area contributed by atoms with Crippen LogP contribution >= 0.6 is 11.3 Å². The van der Waals surface area contributed by atoms with Crippen LogP contribution in [0.3, 0.4) is 0 Å². The van der Waals surface area contributed by atoms with E-state index in [1.54, 1.807) is 0 Å². The number of carbonyl (C=O) groups is 1. The second-order valence-corrected chi connectivity index (χ2v) is 7.15. The number of thiophene rings is 1. The number of carbonyl (C=O) groups excluding carboxylic acids is 1. The fraction of sp³-hybridized carbons (Fsp3) is 0.389. The minimum atomic E-state index is -4.56. The summed E-state index contributed by atoms with van der Waals surface area (Å²) < 4.78 is 39.3. The lowest BCUT2D eigenvalue weighted by Crippen LogP contribution is -2.49. The van der Waals surface area contributed by atoms with Gasteiger partial charge in [-0.1, -0.05) is 18.2 Å². The highest BCUT2D eigenvalue weighted by Gasteiger charge is 2.36. The number of nitrogens with zero attached hydrogens (tertiary/aromatic N) is 2. The smallest absolute Gasteiger partial charge is 0.386 e. The zero-order valence-corrected chi connectivity index (χ0v) is 14.8. The molecule has 0 spiro atoms. The van der Waals surface area contributed by atoms with E-state index in [1.165, 1.54) is 34.4 Å². The van der Waals surface area contributed by atoms with Gasteiger partial charge in [0.05, 0.1) is 11.1 Å². The molecular formula is C18H19F3N2O2S. The average molecular weight is 384 g/mol. The number of alkyl halides is 3. The maximum atomic E-state index is 13.1. The number of benzene rings is 1. The normalized spacial score (nSPS) is 17.3. The number of amides is 1. The molecule has 0 saturated carbocycles. The van der Waals surface area contributed by atoms with Crippen molar-refractivity contribution < 1.29 is 23.1 Å². The Balaban J connectivity index is 1.61. The van der Waals surface area contributed by atoms with Gasteiger partial charge < -0.3 is 10.0 Å². The van der Waals surface area contributed by atoms with Crippen LogP contribution in [-0.4, -0.2) is 53.5 Å². The molecule has 0 radical (unpaired) electrons. The monoisotopic (exact) mass is 384 g/mol. The lowest BCUT2D eigenvalue weighted by Gasteiger charge is -2.35. The summed E-state index contributed by atoms with van der Waals surface area (Å²) >= 11 is 1.48. The van der Waals surface area contributed by atoms with Gasteiger partial charge in [0.1, 0.15) is 6.10 Å². The maximum absolute atomic E-state index is 13.1. The zero-order valence-electron chi connectivity index (χ0n) is 13.9. The van der Waals surface area contributed by atoms with Crippen LogP contribution in [-0.2, 0) is 6.18 Å². The first-order valence-electron chi connectivity index (χ1n) is 8.25. The van der Waals surface area contributed by atoms with E-state index in [9.17, 15) is 23.1 Å². The molecule has 3 rings (SSSR count). The molecular weight excluding hydrogens is 365 g/mol. The van der Waals surface area contributed by atoms with Gasteiger partial charge >= 0.3 is 6.18 Å². The number of halogens is 3. The van der Waals surface area contributed by atoms with Gasteiger partial charge in [-0.3, -0.25) is 9.69 Å². The van der Waals surface area contributed by atoms with Gasteiger partial charge in [0, 0.05) is 37.6 Å². The molecule has 2 heterocycles. The van der Waals surface area contributed by atoms with E-state index in [4.69, 9.17) is 0 Å². The van der Waals surface area contributed by atoms with Gasteiger partial charge in [0.25, 0.3) is 5.91 Å². The molecule has 8 heteroatoms. The summed E-state index contributed by atoms with van der Waals surface area (Å²) in [5.74, 6) is -0.601. The van der Waals surface area contributed by atoms with Gasteiger partial charge in [-0.25, -0.2) is 0 Å². The third kappa shape index (κ3) is 4.25. The Bertz CT molecular complexity index is 741. The van der Waals surface area contributed by atoms with Crippen molar-refractivity contribution in [1.82, 2.24) is 9.80 Å². The van der Waals surface area contributed by atoms with Crippen molar-refractivity contribution in [3.63, 3.8) is 0 Å². The van der Waals surface area contributed by atoms with E-state index in [2.05, 4.69) is 0 Å². The predicted molar refractivity (Wildman–Crippen MR) is 93.1 cm³/mol. The van der Waals surface area contributed by atoms with Crippen molar-refractivity contribution in [2.75, 3.05) is 32.7 Å². The summed E-state index contributed by atoms with van der Waals surface area (Å²) in [5, 5.41) is 12.1. The lowest BCUT2D eigenvalue weighted by atomic mass is 10.1. The Labute approximate surface area is 153 Å². The summed E-state index contributed by atoms with van der Waals surface area (Å²) in [6.45, 7) is 2.15. The molecule has 0 unspecified atom stereocenters. The van der Waals surface area contributed by atoms with E-state index in [0.717, 1.165) is 10.9 Å². The first kappa shape index (κ1) is 18.9. The van der Waals surface area contributed by atoms with E-state index < -0.39 is 23.8 Å². The van der Waals surface area contributed by atoms with Crippen LogP contribution < -0.4 is 0 Å². The molecule has 140 valence electrons. The molecule has 0 aliphatic carbocycles. The van der Waals surface area contributed by atoms with E-state index >= 15 is 0 Å². The topological polar surface area (TPSA) is 43.8 Å². The van der Waals surface area contributed by atoms with Gasteiger partial charge in [-0.15, -0.1) is 11.3 Å². The number of hydrogen-bond acceptors (Lipinski definition) is 4. The highest BCUT2D eigenvalue weighted by molar-refractivity contribution is 7.10. The fourth-order valence-corrected chi connectivity index (χ4v) is 3.74. The summed E-state index contributed by atoms with van der Waals surface area (Å²) in [4.78, 5) is 16.9. The fourth-order valence-electron chi connectivity index (χ4n) is 3.04. The molecule has 26 heavy (non-hydrogen) atoms.